The first-order valence-corrected chi connectivity index (χ1v) is 13.0. The number of benzene rings is 2. The van der Waals surface area contributed by atoms with Gasteiger partial charge in [0.2, 0.25) is 0 Å². The average Bonchev–Trinajstić information content (AvgIpc) is 2.69. The highest BCUT2D eigenvalue weighted by molar-refractivity contribution is 6.32. The molecule has 0 aliphatic heterocycles. The standard InChI is InChI=1S/C28H35Cl2NO2/c1-4-32-24-10-20(9-23(30)25(24)33-15-19-6-5-7-22(29)8-19)14-31-28-13-21-11-26(2,17-28)16-27(3,12-21)18-28/h5-10,21,31H,4,11-18H2,1-3H3. The number of hydrogen-bond acceptors (Lipinski definition) is 3. The number of nitrogens with one attached hydrogen (secondary N) is 1. The summed E-state index contributed by atoms with van der Waals surface area (Å²) in [6.45, 7) is 8.76. The third-order valence-electron chi connectivity index (χ3n) is 7.94. The highest BCUT2D eigenvalue weighted by Crippen LogP contribution is 2.66. The third-order valence-corrected chi connectivity index (χ3v) is 8.45. The van der Waals surface area contributed by atoms with E-state index in [0.29, 0.717) is 45.6 Å². The summed E-state index contributed by atoms with van der Waals surface area (Å²) < 4.78 is 12.0. The molecule has 2 aromatic rings. The van der Waals surface area contributed by atoms with Crippen molar-refractivity contribution in [2.75, 3.05) is 6.61 Å². The molecule has 178 valence electrons. The van der Waals surface area contributed by atoms with Crippen LogP contribution in [-0.2, 0) is 13.2 Å². The minimum atomic E-state index is 0.253. The Kier molecular flexibility index (Phi) is 6.12. The van der Waals surface area contributed by atoms with Gasteiger partial charge in [-0.2, -0.15) is 0 Å². The Bertz CT molecular complexity index is 1020. The normalized spacial score (nSPS) is 32.2. The molecule has 1 N–H and O–H groups in total. The second kappa shape index (κ2) is 8.66. The molecule has 4 saturated carbocycles. The molecule has 2 aromatic carbocycles. The van der Waals surface area contributed by atoms with Crippen molar-refractivity contribution in [3.63, 3.8) is 0 Å². The fraction of sp³-hybridized carbons (Fsp3) is 0.571. The van der Waals surface area contributed by atoms with Crippen molar-refractivity contribution in [3.05, 3.63) is 57.6 Å². The van der Waals surface area contributed by atoms with Crippen molar-refractivity contribution in [1.82, 2.24) is 5.32 Å². The summed E-state index contributed by atoms with van der Waals surface area (Å²) in [6.07, 6.45) is 8.10. The van der Waals surface area contributed by atoms with E-state index in [1.807, 2.05) is 37.3 Å². The zero-order valence-corrected chi connectivity index (χ0v) is 21.5. The van der Waals surface area contributed by atoms with Gasteiger partial charge in [0.05, 0.1) is 11.6 Å². The molecule has 4 aliphatic carbocycles. The molecule has 0 radical (unpaired) electrons. The lowest BCUT2D eigenvalue weighted by Gasteiger charge is -2.65. The van der Waals surface area contributed by atoms with Crippen LogP contribution < -0.4 is 14.8 Å². The van der Waals surface area contributed by atoms with Gasteiger partial charge in [0, 0.05) is 17.1 Å². The summed E-state index contributed by atoms with van der Waals surface area (Å²) in [5.41, 5.74) is 3.38. The zero-order valence-electron chi connectivity index (χ0n) is 20.0. The van der Waals surface area contributed by atoms with E-state index >= 15 is 0 Å². The smallest absolute Gasteiger partial charge is 0.180 e. The Labute approximate surface area is 208 Å². The molecule has 4 bridgehead atoms. The van der Waals surface area contributed by atoms with Gasteiger partial charge in [0.25, 0.3) is 0 Å². The summed E-state index contributed by atoms with van der Waals surface area (Å²) in [5.74, 6) is 2.17. The van der Waals surface area contributed by atoms with Crippen LogP contribution in [0, 0.1) is 16.7 Å². The predicted octanol–water partition coefficient (Wildman–Crippen LogP) is 7.81. The fourth-order valence-electron chi connectivity index (χ4n) is 7.84. The Morgan fingerprint density at radius 2 is 1.70 bits per heavy atom. The van der Waals surface area contributed by atoms with E-state index in [0.717, 1.165) is 23.6 Å². The van der Waals surface area contributed by atoms with E-state index in [1.54, 1.807) is 0 Å². The molecule has 0 heterocycles. The Hall–Kier alpha value is -1.42. The molecule has 4 aliphatic rings. The molecule has 2 unspecified atom stereocenters. The van der Waals surface area contributed by atoms with E-state index < -0.39 is 0 Å². The van der Waals surface area contributed by atoms with Gasteiger partial charge in [-0.25, -0.2) is 0 Å². The van der Waals surface area contributed by atoms with Gasteiger partial charge in [-0.1, -0.05) is 49.2 Å². The summed E-state index contributed by atoms with van der Waals surface area (Å²) in [5, 5.41) is 5.29. The summed E-state index contributed by atoms with van der Waals surface area (Å²) in [4.78, 5) is 0. The minimum absolute atomic E-state index is 0.253. The number of hydrogen-bond donors (Lipinski definition) is 1. The maximum absolute atomic E-state index is 6.71. The number of halogens is 2. The van der Waals surface area contributed by atoms with Crippen molar-refractivity contribution in [1.29, 1.82) is 0 Å². The highest BCUT2D eigenvalue weighted by Gasteiger charge is 2.59. The van der Waals surface area contributed by atoms with Crippen LogP contribution in [-0.4, -0.2) is 12.1 Å². The molecular weight excluding hydrogens is 453 g/mol. The largest absolute Gasteiger partial charge is 0.490 e. The number of rotatable bonds is 8. The first-order chi connectivity index (χ1) is 15.7. The fourth-order valence-corrected chi connectivity index (χ4v) is 8.34. The monoisotopic (exact) mass is 487 g/mol. The molecule has 5 heteroatoms. The Morgan fingerprint density at radius 1 is 0.939 bits per heavy atom. The van der Waals surface area contributed by atoms with Crippen LogP contribution >= 0.6 is 23.2 Å². The predicted molar refractivity (Wildman–Crippen MR) is 135 cm³/mol. The van der Waals surface area contributed by atoms with Gasteiger partial charge in [-0.05, 0) is 97.6 Å². The van der Waals surface area contributed by atoms with Crippen molar-refractivity contribution < 1.29 is 9.47 Å². The van der Waals surface area contributed by atoms with Crippen LogP contribution in [0.5, 0.6) is 11.5 Å². The number of ether oxygens (including phenoxy) is 2. The van der Waals surface area contributed by atoms with Crippen molar-refractivity contribution in [3.8, 4) is 11.5 Å². The molecule has 0 saturated heterocycles. The SMILES string of the molecule is CCOc1cc(CNC23CC4CC(C)(CC(C)(C4)C2)C3)cc(Cl)c1OCc1cccc(Cl)c1. The van der Waals surface area contributed by atoms with Gasteiger partial charge in [-0.15, -0.1) is 0 Å². The molecular formula is C28H35Cl2NO2. The van der Waals surface area contributed by atoms with Crippen LogP contribution in [0.2, 0.25) is 10.0 Å². The second-order valence-electron chi connectivity index (χ2n) is 11.5. The van der Waals surface area contributed by atoms with E-state index in [1.165, 1.54) is 38.5 Å². The summed E-state index contributed by atoms with van der Waals surface area (Å²) in [6, 6.07) is 11.8. The average molecular weight is 488 g/mol. The van der Waals surface area contributed by atoms with Crippen LogP contribution in [0.15, 0.2) is 36.4 Å². The Morgan fingerprint density at radius 3 is 2.36 bits per heavy atom. The molecule has 2 atom stereocenters. The van der Waals surface area contributed by atoms with Gasteiger partial charge in [0.15, 0.2) is 11.5 Å². The molecule has 0 spiro atoms. The molecule has 3 nitrogen and oxygen atoms in total. The summed E-state index contributed by atoms with van der Waals surface area (Å²) >= 11 is 12.8. The topological polar surface area (TPSA) is 30.5 Å². The summed E-state index contributed by atoms with van der Waals surface area (Å²) in [7, 11) is 0. The lowest BCUT2D eigenvalue weighted by molar-refractivity contribution is -0.118. The first kappa shape index (κ1) is 23.3. The van der Waals surface area contributed by atoms with Crippen LogP contribution in [0.4, 0.5) is 0 Å². The maximum Gasteiger partial charge on any atom is 0.180 e. The first-order valence-electron chi connectivity index (χ1n) is 12.3. The van der Waals surface area contributed by atoms with E-state index in [-0.39, 0.29) is 5.54 Å². The highest BCUT2D eigenvalue weighted by atomic mass is 35.5. The van der Waals surface area contributed by atoms with Crippen LogP contribution in [0.25, 0.3) is 0 Å². The van der Waals surface area contributed by atoms with Gasteiger partial charge in [-0.3, -0.25) is 0 Å². The lowest BCUT2D eigenvalue weighted by Crippen LogP contribution is -2.63. The molecule has 33 heavy (non-hydrogen) atoms. The van der Waals surface area contributed by atoms with Gasteiger partial charge >= 0.3 is 0 Å². The zero-order chi connectivity index (χ0) is 23.3. The minimum Gasteiger partial charge on any atom is -0.490 e. The van der Waals surface area contributed by atoms with Crippen molar-refractivity contribution in [2.45, 2.75) is 78.0 Å². The molecule has 4 fully saturated rings. The van der Waals surface area contributed by atoms with Crippen molar-refractivity contribution in [2.24, 2.45) is 16.7 Å². The van der Waals surface area contributed by atoms with Gasteiger partial charge in [0.1, 0.15) is 6.61 Å². The van der Waals surface area contributed by atoms with Gasteiger partial charge < -0.3 is 14.8 Å². The third kappa shape index (κ3) is 4.88. The Balaban J connectivity index is 1.32. The maximum atomic E-state index is 6.71. The second-order valence-corrected chi connectivity index (χ2v) is 12.4. The quantitative estimate of drug-likeness (QED) is 0.411. The molecule has 6 rings (SSSR count). The molecule has 0 amide bonds. The van der Waals surface area contributed by atoms with E-state index in [4.69, 9.17) is 32.7 Å². The van der Waals surface area contributed by atoms with Crippen LogP contribution in [0.3, 0.4) is 0 Å². The van der Waals surface area contributed by atoms with Crippen LogP contribution in [0.1, 0.15) is 70.4 Å². The molecule has 0 aromatic heterocycles. The lowest BCUT2D eigenvalue weighted by atomic mass is 9.43. The van der Waals surface area contributed by atoms with Crippen molar-refractivity contribution >= 4 is 23.2 Å². The van der Waals surface area contributed by atoms with E-state index in [9.17, 15) is 0 Å². The van der Waals surface area contributed by atoms with E-state index in [2.05, 4.69) is 25.2 Å².